The molecule has 1 heterocycles. The second-order valence-electron chi connectivity index (χ2n) is 6.97. The van der Waals surface area contributed by atoms with Crippen LogP contribution in [0.4, 0.5) is 0 Å². The first-order valence-electron chi connectivity index (χ1n) is 10.3. The molecule has 0 spiro atoms. The second kappa shape index (κ2) is 13.6. The molecule has 0 bridgehead atoms. The summed E-state index contributed by atoms with van der Waals surface area (Å²) in [5, 5.41) is 6.86. The Kier molecular flexibility index (Phi) is 11.1. The summed E-state index contributed by atoms with van der Waals surface area (Å²) in [6.07, 6.45) is 0. The lowest BCUT2D eigenvalue weighted by Gasteiger charge is -2.26. The SMILES string of the molecule is CCNC(=NCC(c1ccccc1)c1ccccc1)NCCN1CCOCC1.I. The van der Waals surface area contributed by atoms with Gasteiger partial charge >= 0.3 is 0 Å². The molecule has 3 rings (SSSR count). The van der Waals surface area contributed by atoms with E-state index in [9.17, 15) is 0 Å². The highest BCUT2D eigenvalue weighted by molar-refractivity contribution is 14.0. The highest BCUT2D eigenvalue weighted by Gasteiger charge is 2.14. The van der Waals surface area contributed by atoms with Crippen LogP contribution in [0.2, 0.25) is 0 Å². The van der Waals surface area contributed by atoms with Crippen molar-refractivity contribution in [3.05, 3.63) is 71.8 Å². The Labute approximate surface area is 192 Å². The Morgan fingerprint density at radius 2 is 1.55 bits per heavy atom. The number of nitrogens with one attached hydrogen (secondary N) is 2. The van der Waals surface area contributed by atoms with Crippen LogP contribution in [0.5, 0.6) is 0 Å². The molecule has 1 fully saturated rings. The highest BCUT2D eigenvalue weighted by atomic mass is 127. The zero-order chi connectivity index (χ0) is 19.4. The van der Waals surface area contributed by atoms with Crippen molar-refractivity contribution in [2.45, 2.75) is 12.8 Å². The molecule has 2 aromatic rings. The maximum atomic E-state index is 5.42. The van der Waals surface area contributed by atoms with Gasteiger partial charge in [-0.05, 0) is 18.1 Å². The van der Waals surface area contributed by atoms with Gasteiger partial charge in [0.15, 0.2) is 5.96 Å². The largest absolute Gasteiger partial charge is 0.379 e. The molecule has 158 valence electrons. The van der Waals surface area contributed by atoms with Crippen molar-refractivity contribution in [2.75, 3.05) is 52.5 Å². The average molecular weight is 508 g/mol. The van der Waals surface area contributed by atoms with E-state index in [-0.39, 0.29) is 29.9 Å². The van der Waals surface area contributed by atoms with Gasteiger partial charge in [0.2, 0.25) is 0 Å². The average Bonchev–Trinajstić information content (AvgIpc) is 2.76. The first-order chi connectivity index (χ1) is 13.9. The van der Waals surface area contributed by atoms with Crippen molar-refractivity contribution in [3.63, 3.8) is 0 Å². The highest BCUT2D eigenvalue weighted by Crippen LogP contribution is 2.24. The predicted molar refractivity (Wildman–Crippen MR) is 131 cm³/mol. The molecule has 2 N–H and O–H groups in total. The van der Waals surface area contributed by atoms with Crippen LogP contribution in [0.3, 0.4) is 0 Å². The Bertz CT molecular complexity index is 666. The molecular formula is C23H33IN4O. The monoisotopic (exact) mass is 508 g/mol. The Hall–Kier alpha value is -1.64. The quantitative estimate of drug-likeness (QED) is 0.327. The Morgan fingerprint density at radius 3 is 2.10 bits per heavy atom. The fourth-order valence-electron chi connectivity index (χ4n) is 3.46. The lowest BCUT2D eigenvalue weighted by molar-refractivity contribution is 0.0389. The lowest BCUT2D eigenvalue weighted by Crippen LogP contribution is -2.44. The maximum absolute atomic E-state index is 5.42. The van der Waals surface area contributed by atoms with Crippen LogP contribution >= 0.6 is 24.0 Å². The van der Waals surface area contributed by atoms with Gasteiger partial charge in [0.25, 0.3) is 0 Å². The van der Waals surface area contributed by atoms with Crippen molar-refractivity contribution < 1.29 is 4.74 Å². The van der Waals surface area contributed by atoms with Gasteiger partial charge in [0.05, 0.1) is 19.8 Å². The van der Waals surface area contributed by atoms with Crippen molar-refractivity contribution in [2.24, 2.45) is 4.99 Å². The maximum Gasteiger partial charge on any atom is 0.191 e. The molecule has 1 saturated heterocycles. The lowest BCUT2D eigenvalue weighted by atomic mass is 9.91. The van der Waals surface area contributed by atoms with Crippen molar-refractivity contribution >= 4 is 29.9 Å². The van der Waals surface area contributed by atoms with Crippen molar-refractivity contribution in [3.8, 4) is 0 Å². The van der Waals surface area contributed by atoms with Crippen LogP contribution in [-0.2, 0) is 4.74 Å². The molecule has 2 aromatic carbocycles. The molecular weight excluding hydrogens is 475 g/mol. The normalized spacial score (nSPS) is 15.0. The number of guanidine groups is 1. The van der Waals surface area contributed by atoms with Gasteiger partial charge in [-0.15, -0.1) is 24.0 Å². The molecule has 0 aliphatic carbocycles. The van der Waals surface area contributed by atoms with Gasteiger partial charge in [0, 0.05) is 38.6 Å². The summed E-state index contributed by atoms with van der Waals surface area (Å²) < 4.78 is 5.42. The first-order valence-corrected chi connectivity index (χ1v) is 10.3. The van der Waals surface area contributed by atoms with Gasteiger partial charge in [-0.1, -0.05) is 60.7 Å². The molecule has 6 heteroatoms. The van der Waals surface area contributed by atoms with Gasteiger partial charge in [-0.3, -0.25) is 9.89 Å². The molecule has 1 aliphatic heterocycles. The van der Waals surface area contributed by atoms with E-state index < -0.39 is 0 Å². The number of morpholine rings is 1. The number of rotatable bonds is 8. The van der Waals surface area contributed by atoms with Crippen LogP contribution in [0.1, 0.15) is 24.0 Å². The molecule has 1 aliphatic rings. The molecule has 0 atom stereocenters. The van der Waals surface area contributed by atoms with Crippen molar-refractivity contribution in [1.82, 2.24) is 15.5 Å². The summed E-state index contributed by atoms with van der Waals surface area (Å²) >= 11 is 0. The zero-order valence-electron chi connectivity index (χ0n) is 17.2. The van der Waals surface area contributed by atoms with Crippen LogP contribution in [0.25, 0.3) is 0 Å². The summed E-state index contributed by atoms with van der Waals surface area (Å²) in [6, 6.07) is 21.3. The third kappa shape index (κ3) is 7.95. The summed E-state index contributed by atoms with van der Waals surface area (Å²) in [5.74, 6) is 1.13. The summed E-state index contributed by atoms with van der Waals surface area (Å²) in [6.45, 7) is 9.26. The van der Waals surface area contributed by atoms with E-state index >= 15 is 0 Å². The first kappa shape index (κ1) is 23.6. The van der Waals surface area contributed by atoms with Gasteiger partial charge in [0.1, 0.15) is 0 Å². The minimum absolute atomic E-state index is 0. The molecule has 29 heavy (non-hydrogen) atoms. The van der Waals surface area contributed by atoms with E-state index in [0.717, 1.165) is 51.9 Å². The van der Waals surface area contributed by atoms with Crippen LogP contribution in [0.15, 0.2) is 65.7 Å². The number of halogens is 1. The van der Waals surface area contributed by atoms with Gasteiger partial charge < -0.3 is 15.4 Å². The van der Waals surface area contributed by atoms with E-state index in [1.54, 1.807) is 0 Å². The number of hydrogen-bond donors (Lipinski definition) is 2. The predicted octanol–water partition coefficient (Wildman–Crippen LogP) is 3.32. The van der Waals surface area contributed by atoms with Crippen LogP contribution < -0.4 is 10.6 Å². The fourth-order valence-corrected chi connectivity index (χ4v) is 3.46. The number of hydrogen-bond acceptors (Lipinski definition) is 3. The Balaban J connectivity index is 0.00000300. The van der Waals surface area contributed by atoms with E-state index in [1.807, 2.05) is 0 Å². The van der Waals surface area contributed by atoms with E-state index in [1.165, 1.54) is 11.1 Å². The number of ether oxygens (including phenoxy) is 1. The van der Waals surface area contributed by atoms with Gasteiger partial charge in [-0.2, -0.15) is 0 Å². The van der Waals surface area contributed by atoms with Crippen molar-refractivity contribution in [1.29, 1.82) is 0 Å². The molecule has 0 aromatic heterocycles. The van der Waals surface area contributed by atoms with Crippen LogP contribution in [0, 0.1) is 0 Å². The standard InChI is InChI=1S/C23H32N4O.HI/c1-2-24-23(25-13-14-27-15-17-28-18-16-27)26-19-22(20-9-5-3-6-10-20)21-11-7-4-8-12-21;/h3-12,22H,2,13-19H2,1H3,(H2,24,25,26);1H. The summed E-state index contributed by atoms with van der Waals surface area (Å²) in [4.78, 5) is 7.33. The third-order valence-corrected chi connectivity index (χ3v) is 5.00. The molecule has 0 radical (unpaired) electrons. The zero-order valence-corrected chi connectivity index (χ0v) is 19.5. The minimum atomic E-state index is 0. The van der Waals surface area contributed by atoms with Crippen LogP contribution in [-0.4, -0.2) is 63.3 Å². The van der Waals surface area contributed by atoms with E-state index in [0.29, 0.717) is 6.54 Å². The topological polar surface area (TPSA) is 48.9 Å². The molecule has 5 nitrogen and oxygen atoms in total. The minimum Gasteiger partial charge on any atom is -0.379 e. The van der Waals surface area contributed by atoms with Gasteiger partial charge in [-0.25, -0.2) is 0 Å². The molecule has 0 saturated carbocycles. The third-order valence-electron chi connectivity index (χ3n) is 5.00. The Morgan fingerprint density at radius 1 is 0.966 bits per heavy atom. The fraction of sp³-hybridized carbons (Fsp3) is 0.435. The number of nitrogens with zero attached hydrogens (tertiary/aromatic N) is 2. The summed E-state index contributed by atoms with van der Waals surface area (Å²) in [7, 11) is 0. The number of aliphatic imine (C=N–C) groups is 1. The second-order valence-corrected chi connectivity index (χ2v) is 6.97. The smallest absolute Gasteiger partial charge is 0.191 e. The van der Waals surface area contributed by atoms with E-state index in [4.69, 9.17) is 9.73 Å². The molecule has 0 unspecified atom stereocenters. The number of benzene rings is 2. The molecule has 0 amide bonds. The van der Waals surface area contributed by atoms with E-state index in [2.05, 4.69) is 83.1 Å². The summed E-state index contributed by atoms with van der Waals surface area (Å²) in [5.41, 5.74) is 2.59.